The van der Waals surface area contributed by atoms with E-state index in [4.69, 9.17) is 42.1 Å². The van der Waals surface area contributed by atoms with Crippen molar-refractivity contribution in [3.63, 3.8) is 0 Å². The van der Waals surface area contributed by atoms with E-state index >= 15 is 0 Å². The summed E-state index contributed by atoms with van der Waals surface area (Å²) < 4.78 is 21.4. The van der Waals surface area contributed by atoms with Crippen molar-refractivity contribution >= 4 is 29.2 Å². The maximum absolute atomic E-state index is 12.2. The molecule has 1 atom stereocenters. The number of ether oxygens (including phenoxy) is 4. The van der Waals surface area contributed by atoms with Crippen molar-refractivity contribution in [2.75, 3.05) is 14.2 Å². The lowest BCUT2D eigenvalue weighted by Crippen LogP contribution is -2.26. The van der Waals surface area contributed by atoms with E-state index in [1.54, 1.807) is 44.4 Å². The molecule has 134 valence electrons. The fourth-order valence-electron chi connectivity index (χ4n) is 2.14. The Kier molecular flexibility index (Phi) is 6.79. The molecule has 2 rings (SSSR count). The second kappa shape index (κ2) is 8.83. The van der Waals surface area contributed by atoms with Crippen LogP contribution in [0.25, 0.3) is 0 Å². The number of rotatable bonds is 7. The van der Waals surface area contributed by atoms with Gasteiger partial charge in [0.2, 0.25) is 0 Å². The molecular formula is C18H18Cl2O5. The summed E-state index contributed by atoms with van der Waals surface area (Å²) in [5.74, 6) is 0.908. The van der Waals surface area contributed by atoms with Crippen molar-refractivity contribution in [1.29, 1.82) is 0 Å². The lowest BCUT2D eigenvalue weighted by molar-refractivity contribution is -0.152. The predicted octanol–water partition coefficient (Wildman–Crippen LogP) is 4.52. The molecule has 0 unspecified atom stereocenters. The quantitative estimate of drug-likeness (QED) is 0.656. The molecule has 0 aliphatic heterocycles. The number of halogens is 2. The lowest BCUT2D eigenvalue weighted by atomic mass is 10.2. The van der Waals surface area contributed by atoms with E-state index in [0.717, 1.165) is 0 Å². The van der Waals surface area contributed by atoms with Crippen molar-refractivity contribution in [3.05, 3.63) is 52.0 Å². The van der Waals surface area contributed by atoms with Crippen molar-refractivity contribution in [3.8, 4) is 17.2 Å². The molecule has 0 N–H and O–H groups in total. The normalized spacial score (nSPS) is 11.6. The minimum atomic E-state index is -0.838. The Bertz CT molecular complexity index is 748. The van der Waals surface area contributed by atoms with Gasteiger partial charge in [0.15, 0.2) is 17.6 Å². The van der Waals surface area contributed by atoms with Gasteiger partial charge in [-0.05, 0) is 31.2 Å². The van der Waals surface area contributed by atoms with Crippen LogP contribution >= 0.6 is 23.2 Å². The molecular weight excluding hydrogens is 367 g/mol. The number of esters is 1. The topological polar surface area (TPSA) is 54.0 Å². The third kappa shape index (κ3) is 4.94. The Morgan fingerprint density at radius 1 is 1.08 bits per heavy atom. The molecule has 5 nitrogen and oxygen atoms in total. The first-order valence-corrected chi connectivity index (χ1v) is 8.20. The first-order valence-electron chi connectivity index (χ1n) is 7.44. The minimum absolute atomic E-state index is 0.0290. The molecule has 0 aliphatic rings. The number of para-hydroxylation sites is 1. The molecule has 0 radical (unpaired) electrons. The van der Waals surface area contributed by atoms with Gasteiger partial charge in [-0.3, -0.25) is 0 Å². The van der Waals surface area contributed by atoms with Gasteiger partial charge in [0.1, 0.15) is 12.4 Å². The predicted molar refractivity (Wildman–Crippen MR) is 95.9 cm³/mol. The van der Waals surface area contributed by atoms with Crippen molar-refractivity contribution < 1.29 is 23.7 Å². The number of hydrogen-bond donors (Lipinski definition) is 0. The van der Waals surface area contributed by atoms with Gasteiger partial charge in [-0.25, -0.2) is 4.79 Å². The summed E-state index contributed by atoms with van der Waals surface area (Å²) in [6.45, 7) is 1.61. The fourth-order valence-corrected chi connectivity index (χ4v) is 2.60. The van der Waals surface area contributed by atoms with E-state index in [1.165, 1.54) is 13.2 Å². The first kappa shape index (κ1) is 19.2. The standard InChI is InChI=1S/C18H18Cl2O5/c1-11(25-15-8-7-13(19)9-14(15)20)18(21)24-10-12-5-4-6-16(22-2)17(12)23-3/h4-9,11H,10H2,1-3H3/t11-/m0/s1. The van der Waals surface area contributed by atoms with E-state index in [9.17, 15) is 4.79 Å². The summed E-state index contributed by atoms with van der Waals surface area (Å²) in [4.78, 5) is 12.2. The van der Waals surface area contributed by atoms with E-state index in [-0.39, 0.29) is 6.61 Å². The van der Waals surface area contributed by atoms with Crippen LogP contribution in [0.1, 0.15) is 12.5 Å². The molecule has 0 aliphatic carbocycles. The largest absolute Gasteiger partial charge is 0.493 e. The van der Waals surface area contributed by atoms with Gasteiger partial charge in [-0.1, -0.05) is 35.3 Å². The minimum Gasteiger partial charge on any atom is -0.493 e. The zero-order valence-electron chi connectivity index (χ0n) is 14.0. The van der Waals surface area contributed by atoms with Gasteiger partial charge >= 0.3 is 5.97 Å². The Morgan fingerprint density at radius 3 is 2.48 bits per heavy atom. The second-order valence-corrected chi connectivity index (χ2v) is 5.94. The van der Waals surface area contributed by atoms with Gasteiger partial charge in [-0.2, -0.15) is 0 Å². The summed E-state index contributed by atoms with van der Waals surface area (Å²) >= 11 is 11.9. The summed E-state index contributed by atoms with van der Waals surface area (Å²) in [7, 11) is 3.07. The Hall–Kier alpha value is -2.11. The van der Waals surface area contributed by atoms with Gasteiger partial charge in [0.25, 0.3) is 0 Å². The average molecular weight is 385 g/mol. The maximum atomic E-state index is 12.2. The van der Waals surface area contributed by atoms with Gasteiger partial charge in [0, 0.05) is 10.6 Å². The van der Waals surface area contributed by atoms with E-state index < -0.39 is 12.1 Å². The van der Waals surface area contributed by atoms with Crippen LogP contribution in [0.4, 0.5) is 0 Å². The molecule has 0 fully saturated rings. The Morgan fingerprint density at radius 2 is 1.84 bits per heavy atom. The lowest BCUT2D eigenvalue weighted by Gasteiger charge is -2.16. The molecule has 7 heteroatoms. The zero-order valence-corrected chi connectivity index (χ0v) is 15.6. The van der Waals surface area contributed by atoms with Crippen molar-refractivity contribution in [2.24, 2.45) is 0 Å². The highest BCUT2D eigenvalue weighted by Crippen LogP contribution is 2.31. The second-order valence-electron chi connectivity index (χ2n) is 5.10. The monoisotopic (exact) mass is 384 g/mol. The van der Waals surface area contributed by atoms with E-state index in [1.807, 2.05) is 0 Å². The van der Waals surface area contributed by atoms with Crippen LogP contribution in [0.3, 0.4) is 0 Å². The number of carbonyl (C=O) groups excluding carboxylic acids is 1. The third-order valence-electron chi connectivity index (χ3n) is 3.38. The molecule has 0 aromatic heterocycles. The van der Waals surface area contributed by atoms with E-state index in [2.05, 4.69) is 0 Å². The first-order chi connectivity index (χ1) is 12.0. The summed E-state index contributed by atoms with van der Waals surface area (Å²) in [6, 6.07) is 10.1. The van der Waals surface area contributed by atoms with Gasteiger partial charge < -0.3 is 18.9 Å². The smallest absolute Gasteiger partial charge is 0.347 e. The van der Waals surface area contributed by atoms with Gasteiger partial charge in [-0.15, -0.1) is 0 Å². The molecule has 2 aromatic rings. The van der Waals surface area contributed by atoms with Crippen LogP contribution in [-0.4, -0.2) is 26.3 Å². The van der Waals surface area contributed by atoms with E-state index in [0.29, 0.717) is 32.9 Å². The van der Waals surface area contributed by atoms with Crippen LogP contribution in [-0.2, 0) is 16.1 Å². The molecule has 2 aromatic carbocycles. The summed E-state index contributed by atoms with van der Waals surface area (Å²) in [6.07, 6.45) is -0.838. The van der Waals surface area contributed by atoms with Crippen molar-refractivity contribution in [1.82, 2.24) is 0 Å². The number of hydrogen-bond acceptors (Lipinski definition) is 5. The maximum Gasteiger partial charge on any atom is 0.347 e. The molecule has 0 saturated carbocycles. The molecule has 0 bridgehead atoms. The number of methoxy groups -OCH3 is 2. The molecule has 0 saturated heterocycles. The molecule has 0 amide bonds. The van der Waals surface area contributed by atoms with Crippen LogP contribution in [0.15, 0.2) is 36.4 Å². The highest BCUT2D eigenvalue weighted by molar-refractivity contribution is 6.35. The Balaban J connectivity index is 2.00. The molecule has 0 spiro atoms. The number of benzene rings is 2. The van der Waals surface area contributed by atoms with Crippen LogP contribution < -0.4 is 14.2 Å². The zero-order chi connectivity index (χ0) is 18.4. The number of carbonyl (C=O) groups is 1. The van der Waals surface area contributed by atoms with Crippen LogP contribution in [0, 0.1) is 0 Å². The highest BCUT2D eigenvalue weighted by Gasteiger charge is 2.19. The molecule has 25 heavy (non-hydrogen) atoms. The third-order valence-corrected chi connectivity index (χ3v) is 3.91. The fraction of sp³-hybridized carbons (Fsp3) is 0.278. The SMILES string of the molecule is COc1cccc(COC(=O)[C@H](C)Oc2ccc(Cl)cc2Cl)c1OC. The Labute approximate surface area is 156 Å². The molecule has 0 heterocycles. The summed E-state index contributed by atoms with van der Waals surface area (Å²) in [5, 5.41) is 0.805. The average Bonchev–Trinajstić information content (AvgIpc) is 2.61. The highest BCUT2D eigenvalue weighted by atomic mass is 35.5. The van der Waals surface area contributed by atoms with Crippen molar-refractivity contribution in [2.45, 2.75) is 19.6 Å². The van der Waals surface area contributed by atoms with Crippen LogP contribution in [0.5, 0.6) is 17.2 Å². The van der Waals surface area contributed by atoms with Crippen LogP contribution in [0.2, 0.25) is 10.0 Å². The van der Waals surface area contributed by atoms with Gasteiger partial charge in [0.05, 0.1) is 19.2 Å². The summed E-state index contributed by atoms with van der Waals surface area (Å²) in [5.41, 5.74) is 0.687.